The Kier molecular flexibility index (Phi) is 6.09. The fraction of sp³-hybridized carbons (Fsp3) is 0.0588. The maximum absolute atomic E-state index is 5.52. The summed E-state index contributed by atoms with van der Waals surface area (Å²) in [4.78, 5) is 10.9. The van der Waals surface area contributed by atoms with E-state index in [1.807, 2.05) is 0 Å². The van der Waals surface area contributed by atoms with Gasteiger partial charge in [0.05, 0.1) is 33.3 Å². The van der Waals surface area contributed by atoms with Crippen LogP contribution in [0.4, 0.5) is 0 Å². The molecule has 1 aliphatic carbocycles. The summed E-state index contributed by atoms with van der Waals surface area (Å²) >= 11 is 0. The van der Waals surface area contributed by atoms with E-state index in [0.29, 0.717) is 5.95 Å². The van der Waals surface area contributed by atoms with Crippen molar-refractivity contribution in [3.63, 3.8) is 0 Å². The molecule has 4 nitrogen and oxygen atoms in total. The molecule has 0 spiro atoms. The first kappa shape index (κ1) is 30.4. The Morgan fingerprint density at radius 2 is 1.15 bits per heavy atom. The van der Waals surface area contributed by atoms with E-state index >= 15 is 0 Å². The Morgan fingerprint density at radius 3 is 1.96 bits per heavy atom. The molecule has 258 valence electrons. The number of rotatable bonds is 3. The molecule has 1 aliphatic rings. The normalized spacial score (nSPS) is 13.4. The predicted octanol–water partition coefficient (Wildman–Crippen LogP) is 13.0. The molecule has 4 heteroatoms. The van der Waals surface area contributed by atoms with Crippen molar-refractivity contribution < 1.29 is 0 Å². The number of benzene rings is 8. The van der Waals surface area contributed by atoms with Gasteiger partial charge in [-0.3, -0.25) is 4.57 Å². The number of hydrogen-bond acceptors (Lipinski definition) is 2. The Labute approximate surface area is 317 Å². The van der Waals surface area contributed by atoms with Crippen molar-refractivity contribution >= 4 is 65.3 Å². The average Bonchev–Trinajstić information content (AvgIpc) is 3.83. The first-order valence-electron chi connectivity index (χ1n) is 19.0. The van der Waals surface area contributed by atoms with Gasteiger partial charge in [0.25, 0.3) is 0 Å². The molecule has 0 aliphatic heterocycles. The summed E-state index contributed by atoms with van der Waals surface area (Å²) in [5, 5.41) is 8.35. The lowest BCUT2D eigenvalue weighted by atomic mass is 9.82. The zero-order valence-electron chi connectivity index (χ0n) is 30.5. The lowest BCUT2D eigenvalue weighted by molar-refractivity contribution is 0.661. The fourth-order valence-electron chi connectivity index (χ4n) is 9.56. The van der Waals surface area contributed by atoms with Gasteiger partial charge in [-0.05, 0) is 75.5 Å². The van der Waals surface area contributed by atoms with Crippen LogP contribution in [0.1, 0.15) is 25.0 Å². The highest BCUT2D eigenvalue weighted by Crippen LogP contribution is 2.53. The molecule has 0 N–H and O–H groups in total. The van der Waals surface area contributed by atoms with Crippen LogP contribution < -0.4 is 0 Å². The smallest absolute Gasteiger partial charge is 0.235 e. The van der Waals surface area contributed by atoms with Gasteiger partial charge in [-0.2, -0.15) is 0 Å². The van der Waals surface area contributed by atoms with E-state index in [1.54, 1.807) is 0 Å². The monoisotopic (exact) mass is 702 g/mol. The molecule has 0 unspecified atom stereocenters. The minimum Gasteiger partial charge on any atom is -0.309 e. The van der Waals surface area contributed by atoms with Crippen LogP contribution in [0.5, 0.6) is 0 Å². The van der Waals surface area contributed by atoms with Crippen LogP contribution in [0, 0.1) is 0 Å². The Balaban J connectivity index is 1.21. The lowest BCUT2D eigenvalue weighted by Crippen LogP contribution is -2.14. The minimum absolute atomic E-state index is 0.125. The molecule has 0 amide bonds. The molecule has 0 fully saturated rings. The zero-order valence-corrected chi connectivity index (χ0v) is 30.5. The summed E-state index contributed by atoms with van der Waals surface area (Å²) in [6, 6.07) is 61.5. The van der Waals surface area contributed by atoms with Crippen LogP contribution in [0.3, 0.4) is 0 Å². The van der Waals surface area contributed by atoms with E-state index in [0.717, 1.165) is 38.9 Å². The Bertz CT molecular complexity index is 3360. The van der Waals surface area contributed by atoms with E-state index in [-0.39, 0.29) is 5.41 Å². The van der Waals surface area contributed by atoms with Crippen LogP contribution in [0.2, 0.25) is 0 Å². The molecular weight excluding hydrogens is 669 g/mol. The molecule has 0 bridgehead atoms. The molecular formula is C51H34N4. The summed E-state index contributed by atoms with van der Waals surface area (Å²) in [6.45, 7) is 4.71. The quantitative estimate of drug-likeness (QED) is 0.184. The van der Waals surface area contributed by atoms with Gasteiger partial charge in [0, 0.05) is 43.6 Å². The van der Waals surface area contributed by atoms with E-state index in [1.165, 1.54) is 65.6 Å². The Morgan fingerprint density at radius 1 is 0.455 bits per heavy atom. The number of hydrogen-bond donors (Lipinski definition) is 0. The van der Waals surface area contributed by atoms with Gasteiger partial charge in [-0.25, -0.2) is 9.97 Å². The fourth-order valence-corrected chi connectivity index (χ4v) is 9.56. The largest absolute Gasteiger partial charge is 0.309 e. The van der Waals surface area contributed by atoms with Gasteiger partial charge in [-0.15, -0.1) is 0 Å². The summed E-state index contributed by atoms with van der Waals surface area (Å²) < 4.78 is 4.71. The van der Waals surface area contributed by atoms with Crippen LogP contribution >= 0.6 is 0 Å². The second-order valence-electron chi connectivity index (χ2n) is 15.4. The first-order chi connectivity index (χ1) is 27.0. The van der Waals surface area contributed by atoms with Crippen molar-refractivity contribution in [2.45, 2.75) is 19.3 Å². The number of nitrogens with zero attached hydrogens (tertiary/aromatic N) is 4. The van der Waals surface area contributed by atoms with Gasteiger partial charge in [0.15, 0.2) is 0 Å². The molecule has 55 heavy (non-hydrogen) atoms. The number of aromatic nitrogens is 4. The van der Waals surface area contributed by atoms with Gasteiger partial charge >= 0.3 is 0 Å². The van der Waals surface area contributed by atoms with Gasteiger partial charge in [0.1, 0.15) is 0 Å². The maximum Gasteiger partial charge on any atom is 0.235 e. The molecule has 0 saturated carbocycles. The Hall–Kier alpha value is -7.04. The molecule has 3 aromatic heterocycles. The summed E-state index contributed by atoms with van der Waals surface area (Å²) in [5.41, 5.74) is 13.7. The second kappa shape index (κ2) is 11.0. The molecule has 8 aromatic carbocycles. The third-order valence-electron chi connectivity index (χ3n) is 12.1. The van der Waals surface area contributed by atoms with E-state index in [9.17, 15) is 0 Å². The van der Waals surface area contributed by atoms with Gasteiger partial charge < -0.3 is 4.57 Å². The van der Waals surface area contributed by atoms with E-state index in [4.69, 9.17) is 9.97 Å². The summed E-state index contributed by atoms with van der Waals surface area (Å²) in [7, 11) is 0. The third kappa shape index (κ3) is 4.17. The van der Waals surface area contributed by atoms with Crippen molar-refractivity contribution in [2.24, 2.45) is 0 Å². The standard InChI is InChI=1S/C51H34N4/c1-51(2)40-19-9-5-17-37(40)47-41(51)27-28-45-48(47)39-26-25-34(54-43-21-11-7-15-35(43)36-16-8-12-22-44(36)54)30-46(39)55(45)50-52-42-20-10-6-18-38(42)49(53-50)33-24-23-31-13-3-4-14-32(31)29-33/h3-30H,1-2H3. The topological polar surface area (TPSA) is 35.6 Å². The van der Waals surface area contributed by atoms with Crippen molar-refractivity contribution in [1.82, 2.24) is 19.1 Å². The van der Waals surface area contributed by atoms with E-state index in [2.05, 4.69) is 193 Å². The minimum atomic E-state index is -0.125. The molecule has 0 atom stereocenters. The third-order valence-corrected chi connectivity index (χ3v) is 12.1. The van der Waals surface area contributed by atoms with E-state index < -0.39 is 0 Å². The van der Waals surface area contributed by atoms with Crippen LogP contribution in [0.15, 0.2) is 170 Å². The lowest BCUT2D eigenvalue weighted by Gasteiger charge is -2.21. The molecule has 11 aromatic rings. The SMILES string of the molecule is CC1(C)c2ccccc2-c2c1ccc1c2c2ccc(-n3c4ccccc4c4ccccc43)cc2n1-c1nc(-c2ccc3ccccc3c2)c2ccccc2n1. The zero-order chi connectivity index (χ0) is 36.4. The summed E-state index contributed by atoms with van der Waals surface area (Å²) in [6.07, 6.45) is 0. The van der Waals surface area contributed by atoms with Crippen LogP contribution in [-0.4, -0.2) is 19.1 Å². The molecule has 3 heterocycles. The molecule has 0 radical (unpaired) electrons. The highest BCUT2D eigenvalue weighted by Gasteiger charge is 2.37. The summed E-state index contributed by atoms with van der Waals surface area (Å²) in [5.74, 6) is 0.659. The second-order valence-corrected chi connectivity index (χ2v) is 15.4. The predicted molar refractivity (Wildman–Crippen MR) is 229 cm³/mol. The van der Waals surface area contributed by atoms with Crippen molar-refractivity contribution in [3.8, 4) is 34.0 Å². The van der Waals surface area contributed by atoms with Crippen LogP contribution in [0.25, 0.3) is 99.3 Å². The highest BCUT2D eigenvalue weighted by atomic mass is 15.2. The molecule has 12 rings (SSSR count). The van der Waals surface area contributed by atoms with Crippen molar-refractivity contribution in [3.05, 3.63) is 181 Å². The first-order valence-corrected chi connectivity index (χ1v) is 19.0. The maximum atomic E-state index is 5.52. The number of fused-ring (bicyclic) bond motifs is 12. The van der Waals surface area contributed by atoms with Gasteiger partial charge in [-0.1, -0.05) is 141 Å². The molecule has 0 saturated heterocycles. The van der Waals surface area contributed by atoms with Crippen molar-refractivity contribution in [1.29, 1.82) is 0 Å². The number of para-hydroxylation sites is 3. The highest BCUT2D eigenvalue weighted by molar-refractivity contribution is 6.18. The average molecular weight is 703 g/mol. The van der Waals surface area contributed by atoms with Gasteiger partial charge in [0.2, 0.25) is 5.95 Å². The van der Waals surface area contributed by atoms with Crippen LogP contribution in [-0.2, 0) is 5.41 Å². The van der Waals surface area contributed by atoms with Crippen molar-refractivity contribution in [2.75, 3.05) is 0 Å².